The van der Waals surface area contributed by atoms with Crippen molar-refractivity contribution in [2.75, 3.05) is 23.7 Å². The quantitative estimate of drug-likeness (QED) is 0.579. The summed E-state index contributed by atoms with van der Waals surface area (Å²) in [5.41, 5.74) is 12.7. The van der Waals surface area contributed by atoms with E-state index in [2.05, 4.69) is 19.9 Å². The predicted molar refractivity (Wildman–Crippen MR) is 110 cm³/mol. The molecule has 28 heavy (non-hydrogen) atoms. The second-order valence-corrected chi connectivity index (χ2v) is 8.10. The number of nitrogens with two attached hydrogens (primary N) is 2. The lowest BCUT2D eigenvalue weighted by Crippen LogP contribution is -2.47. The molecule has 2 fully saturated rings. The molecular weight excluding hydrogens is 378 g/mol. The summed E-state index contributed by atoms with van der Waals surface area (Å²) in [5.74, 6) is 0.851. The number of hydrogen-bond acceptors (Lipinski definition) is 7. The van der Waals surface area contributed by atoms with Crippen LogP contribution < -0.4 is 21.9 Å². The van der Waals surface area contributed by atoms with Crippen LogP contribution in [0.4, 0.5) is 11.6 Å². The molecule has 2 aromatic heterocycles. The van der Waals surface area contributed by atoms with Crippen LogP contribution in [-0.2, 0) is 0 Å². The fourth-order valence-electron chi connectivity index (χ4n) is 4.49. The highest BCUT2D eigenvalue weighted by Crippen LogP contribution is 2.45. The molecule has 9 heteroatoms. The topological polar surface area (TPSA) is 138 Å². The molecule has 1 spiro atoms. The molecule has 0 radical (unpaired) electrons. The summed E-state index contributed by atoms with van der Waals surface area (Å²) in [6, 6.07) is 1.85. The Bertz CT molecular complexity index is 965. The van der Waals surface area contributed by atoms with Gasteiger partial charge in [-0.3, -0.25) is 10.2 Å². The molecule has 0 amide bonds. The average molecular weight is 402 g/mol. The van der Waals surface area contributed by atoms with E-state index < -0.39 is 5.56 Å². The number of hydrogen-bond donors (Lipinski definition) is 4. The summed E-state index contributed by atoms with van der Waals surface area (Å²) < 4.78 is 0. The molecule has 1 atom stereocenters. The summed E-state index contributed by atoms with van der Waals surface area (Å²) in [6.45, 7) is 1.75. The van der Waals surface area contributed by atoms with Crippen molar-refractivity contribution in [1.29, 1.82) is 5.41 Å². The van der Waals surface area contributed by atoms with Crippen molar-refractivity contribution >= 4 is 28.9 Å². The van der Waals surface area contributed by atoms with E-state index in [4.69, 9.17) is 28.5 Å². The van der Waals surface area contributed by atoms with Crippen LogP contribution >= 0.6 is 11.6 Å². The van der Waals surface area contributed by atoms with E-state index in [9.17, 15) is 4.79 Å². The Morgan fingerprint density at radius 1 is 1.36 bits per heavy atom. The maximum absolute atomic E-state index is 11.7. The molecule has 6 N–H and O–H groups in total. The number of H-pyrrole nitrogens is 1. The van der Waals surface area contributed by atoms with Gasteiger partial charge >= 0.3 is 0 Å². The molecule has 1 saturated carbocycles. The standard InChI is InChI=1S/C19H24ClN7O/c20-14-11(3-7-24-18(14)28)15(22)16-17(23)26-13(10-25-16)27-8-5-19(6-9-27)4-1-2-12(19)21/h3,7,10,12,22H,1-2,4-6,8-9,21H2,(H2,23,26)(H,24,28)/t12-/m1/s1. The summed E-state index contributed by atoms with van der Waals surface area (Å²) in [5, 5.41) is 8.28. The third-order valence-corrected chi connectivity index (χ3v) is 6.63. The Kier molecular flexibility index (Phi) is 4.84. The smallest absolute Gasteiger partial charge is 0.267 e. The Hall–Kier alpha value is -2.45. The average Bonchev–Trinajstić information content (AvgIpc) is 3.04. The van der Waals surface area contributed by atoms with Crippen molar-refractivity contribution in [3.8, 4) is 0 Å². The van der Waals surface area contributed by atoms with Gasteiger partial charge in [-0.1, -0.05) is 18.0 Å². The maximum Gasteiger partial charge on any atom is 0.267 e. The lowest BCUT2D eigenvalue weighted by Gasteiger charge is -2.42. The number of piperidine rings is 1. The molecule has 1 aliphatic carbocycles. The van der Waals surface area contributed by atoms with Crippen LogP contribution in [0.15, 0.2) is 23.3 Å². The highest BCUT2D eigenvalue weighted by Gasteiger charge is 2.43. The van der Waals surface area contributed by atoms with Gasteiger partial charge in [0.2, 0.25) is 0 Å². The molecule has 1 aliphatic heterocycles. The van der Waals surface area contributed by atoms with Gasteiger partial charge in [-0.05, 0) is 37.2 Å². The molecule has 0 aromatic carbocycles. The third-order valence-electron chi connectivity index (χ3n) is 6.25. The van der Waals surface area contributed by atoms with E-state index in [1.165, 1.54) is 19.0 Å². The van der Waals surface area contributed by atoms with Crippen molar-refractivity contribution in [3.63, 3.8) is 0 Å². The van der Waals surface area contributed by atoms with E-state index in [-0.39, 0.29) is 33.2 Å². The number of halogens is 1. The van der Waals surface area contributed by atoms with Crippen LogP contribution in [0.3, 0.4) is 0 Å². The zero-order valence-corrected chi connectivity index (χ0v) is 16.3. The molecular formula is C19H24ClN7O. The number of nitrogens with one attached hydrogen (secondary N) is 2. The van der Waals surface area contributed by atoms with Gasteiger partial charge in [-0.2, -0.15) is 0 Å². The van der Waals surface area contributed by atoms with Gasteiger partial charge in [0.05, 0.1) is 11.9 Å². The van der Waals surface area contributed by atoms with E-state index >= 15 is 0 Å². The van der Waals surface area contributed by atoms with E-state index in [1.54, 1.807) is 12.3 Å². The molecule has 148 valence electrons. The van der Waals surface area contributed by atoms with Crippen LogP contribution in [0.5, 0.6) is 0 Å². The third kappa shape index (κ3) is 3.16. The summed E-state index contributed by atoms with van der Waals surface area (Å²) >= 11 is 6.02. The minimum atomic E-state index is -0.459. The molecule has 3 heterocycles. The summed E-state index contributed by atoms with van der Waals surface area (Å²) in [6.07, 6.45) is 8.72. The van der Waals surface area contributed by atoms with E-state index in [0.717, 1.165) is 32.4 Å². The number of pyridine rings is 1. The summed E-state index contributed by atoms with van der Waals surface area (Å²) in [4.78, 5) is 25.2. The fourth-order valence-corrected chi connectivity index (χ4v) is 4.70. The van der Waals surface area contributed by atoms with Crippen molar-refractivity contribution in [2.45, 2.75) is 38.1 Å². The first-order valence-electron chi connectivity index (χ1n) is 9.51. The second kappa shape index (κ2) is 7.18. The van der Waals surface area contributed by atoms with Gasteiger partial charge in [-0.15, -0.1) is 0 Å². The van der Waals surface area contributed by atoms with E-state index in [1.807, 2.05) is 0 Å². The minimum Gasteiger partial charge on any atom is -0.382 e. The number of anilines is 2. The SMILES string of the molecule is N=C(c1cc[nH]c(=O)c1Cl)c1ncc(N2CCC3(CCC[C@H]3N)CC2)nc1N. The first kappa shape index (κ1) is 18.9. The Morgan fingerprint density at radius 3 is 2.75 bits per heavy atom. The molecule has 2 aromatic rings. The number of nitrogens with zero attached hydrogens (tertiary/aromatic N) is 3. The van der Waals surface area contributed by atoms with Crippen molar-refractivity contribution in [2.24, 2.45) is 11.1 Å². The van der Waals surface area contributed by atoms with Crippen LogP contribution in [0.2, 0.25) is 5.02 Å². The number of aromatic amines is 1. The molecule has 0 unspecified atom stereocenters. The zero-order chi connectivity index (χ0) is 19.9. The van der Waals surface area contributed by atoms with Gasteiger partial charge < -0.3 is 21.4 Å². The van der Waals surface area contributed by atoms with E-state index in [0.29, 0.717) is 11.9 Å². The predicted octanol–water partition coefficient (Wildman–Crippen LogP) is 1.91. The van der Waals surface area contributed by atoms with Gasteiger partial charge in [0, 0.05) is 30.9 Å². The lowest BCUT2D eigenvalue weighted by atomic mass is 9.74. The number of aromatic nitrogens is 3. The maximum atomic E-state index is 11.7. The number of rotatable bonds is 3. The normalized spacial score (nSPS) is 21.2. The lowest BCUT2D eigenvalue weighted by molar-refractivity contribution is 0.197. The molecule has 1 saturated heterocycles. The fraction of sp³-hybridized carbons (Fsp3) is 0.474. The van der Waals surface area contributed by atoms with Gasteiger partial charge in [0.15, 0.2) is 5.82 Å². The summed E-state index contributed by atoms with van der Waals surface area (Å²) in [7, 11) is 0. The molecule has 2 aliphatic rings. The van der Waals surface area contributed by atoms with Crippen molar-refractivity contribution in [1.82, 2.24) is 15.0 Å². The minimum absolute atomic E-state index is 0.0258. The zero-order valence-electron chi connectivity index (χ0n) is 15.5. The molecule has 4 rings (SSSR count). The molecule has 0 bridgehead atoms. The Labute approximate surface area is 167 Å². The van der Waals surface area contributed by atoms with Crippen LogP contribution in [0.1, 0.15) is 43.4 Å². The number of nitrogen functional groups attached to an aromatic ring is 1. The van der Waals surface area contributed by atoms with Crippen LogP contribution in [-0.4, -0.2) is 39.8 Å². The van der Waals surface area contributed by atoms with Gasteiger partial charge in [0.1, 0.15) is 16.5 Å². The molecule has 8 nitrogen and oxygen atoms in total. The Balaban J connectivity index is 1.53. The van der Waals surface area contributed by atoms with Crippen LogP contribution in [0, 0.1) is 10.8 Å². The monoisotopic (exact) mass is 401 g/mol. The highest BCUT2D eigenvalue weighted by molar-refractivity contribution is 6.35. The first-order valence-corrected chi connectivity index (χ1v) is 9.89. The first-order chi connectivity index (χ1) is 13.4. The second-order valence-electron chi connectivity index (χ2n) is 7.72. The van der Waals surface area contributed by atoms with Gasteiger partial charge in [0.25, 0.3) is 5.56 Å². The van der Waals surface area contributed by atoms with Gasteiger partial charge in [-0.25, -0.2) is 9.97 Å². The largest absolute Gasteiger partial charge is 0.382 e. The highest BCUT2D eigenvalue weighted by atomic mass is 35.5. The Morgan fingerprint density at radius 2 is 2.11 bits per heavy atom. The van der Waals surface area contributed by atoms with Crippen LogP contribution in [0.25, 0.3) is 0 Å². The van der Waals surface area contributed by atoms with Crippen molar-refractivity contribution in [3.05, 3.63) is 45.1 Å². The van der Waals surface area contributed by atoms with Crippen molar-refractivity contribution < 1.29 is 0 Å².